The van der Waals surface area contributed by atoms with Crippen LogP contribution in [0.15, 0.2) is 29.2 Å². The summed E-state index contributed by atoms with van der Waals surface area (Å²) in [6.45, 7) is 2.57. The van der Waals surface area contributed by atoms with Crippen molar-refractivity contribution < 1.29 is 4.79 Å². The van der Waals surface area contributed by atoms with Crippen LogP contribution in [-0.2, 0) is 6.54 Å². The van der Waals surface area contributed by atoms with E-state index in [1.165, 1.54) is 36.1 Å². The van der Waals surface area contributed by atoms with Gasteiger partial charge < -0.3 is 5.32 Å². The van der Waals surface area contributed by atoms with E-state index in [0.29, 0.717) is 18.4 Å². The Morgan fingerprint density at radius 2 is 2.04 bits per heavy atom. The van der Waals surface area contributed by atoms with Gasteiger partial charge in [0.1, 0.15) is 11.5 Å². The van der Waals surface area contributed by atoms with Crippen molar-refractivity contribution in [3.8, 4) is 0 Å². The lowest BCUT2D eigenvalue weighted by Crippen LogP contribution is -2.27. The predicted octanol–water partition coefficient (Wildman–Crippen LogP) is 3.00. The number of nitrogens with zero attached hydrogens (tertiary/aromatic N) is 4. The zero-order valence-corrected chi connectivity index (χ0v) is 14.6. The van der Waals surface area contributed by atoms with Crippen molar-refractivity contribution in [2.45, 2.75) is 64.5 Å². The zero-order chi connectivity index (χ0) is 17.6. The van der Waals surface area contributed by atoms with E-state index in [0.717, 1.165) is 25.7 Å². The van der Waals surface area contributed by atoms with Crippen LogP contribution in [0.2, 0.25) is 0 Å². The van der Waals surface area contributed by atoms with Crippen LogP contribution < -0.4 is 10.9 Å². The van der Waals surface area contributed by atoms with Gasteiger partial charge in [-0.1, -0.05) is 32.6 Å². The highest BCUT2D eigenvalue weighted by molar-refractivity contribution is 6.02. The van der Waals surface area contributed by atoms with Crippen molar-refractivity contribution in [2.75, 3.05) is 5.32 Å². The molecule has 25 heavy (non-hydrogen) atoms. The van der Waals surface area contributed by atoms with Crippen LogP contribution in [0, 0.1) is 0 Å². The fraction of sp³-hybridized carbons (Fsp3) is 0.556. The Bertz CT molecular complexity index is 774. The molecule has 2 aromatic rings. The zero-order valence-electron chi connectivity index (χ0n) is 14.6. The molecule has 0 saturated heterocycles. The molecule has 7 heteroatoms. The molecule has 134 valence electrons. The molecule has 1 aliphatic carbocycles. The van der Waals surface area contributed by atoms with Gasteiger partial charge in [-0.3, -0.25) is 9.59 Å². The van der Waals surface area contributed by atoms with Crippen molar-refractivity contribution in [3.63, 3.8) is 0 Å². The lowest BCUT2D eigenvalue weighted by molar-refractivity contribution is 0.101. The Balaban J connectivity index is 1.74. The fourth-order valence-electron chi connectivity index (χ4n) is 3.25. The van der Waals surface area contributed by atoms with E-state index < -0.39 is 0 Å². The quantitative estimate of drug-likeness (QED) is 0.874. The topological polar surface area (TPSA) is 81.8 Å². The van der Waals surface area contributed by atoms with Gasteiger partial charge in [0.25, 0.3) is 11.5 Å². The second kappa shape index (κ2) is 8.09. The third-order valence-corrected chi connectivity index (χ3v) is 4.66. The van der Waals surface area contributed by atoms with Crippen molar-refractivity contribution >= 4 is 11.7 Å². The van der Waals surface area contributed by atoms with E-state index >= 15 is 0 Å². The smallest absolute Gasteiger partial charge is 0.277 e. The van der Waals surface area contributed by atoms with E-state index in [4.69, 9.17) is 0 Å². The Labute approximate surface area is 147 Å². The third-order valence-electron chi connectivity index (χ3n) is 4.66. The van der Waals surface area contributed by atoms with Gasteiger partial charge in [0.15, 0.2) is 0 Å². The van der Waals surface area contributed by atoms with Gasteiger partial charge in [-0.15, -0.1) is 0 Å². The number of amides is 1. The molecule has 1 saturated carbocycles. The minimum atomic E-state index is -0.317. The number of aryl methyl sites for hydroxylation is 1. The summed E-state index contributed by atoms with van der Waals surface area (Å²) in [6.07, 6.45) is 9.36. The van der Waals surface area contributed by atoms with Crippen LogP contribution in [-0.4, -0.2) is 25.5 Å². The highest BCUT2D eigenvalue weighted by atomic mass is 16.2. The summed E-state index contributed by atoms with van der Waals surface area (Å²) in [6, 6.07) is 5.02. The average molecular weight is 343 g/mol. The molecule has 1 aliphatic rings. The number of nitrogens with one attached hydrogen (secondary N) is 1. The first-order valence-corrected chi connectivity index (χ1v) is 9.12. The molecular formula is C18H25N5O2. The Kier molecular flexibility index (Phi) is 5.63. The summed E-state index contributed by atoms with van der Waals surface area (Å²) in [5.41, 5.74) is 0.0596. The lowest BCUT2D eigenvalue weighted by atomic mass is 9.96. The maximum atomic E-state index is 12.6. The number of hydrogen-bond acceptors (Lipinski definition) is 4. The summed E-state index contributed by atoms with van der Waals surface area (Å²) < 4.78 is 3.26. The van der Waals surface area contributed by atoms with Crippen LogP contribution in [0.1, 0.15) is 68.4 Å². The molecule has 0 atom stereocenters. The van der Waals surface area contributed by atoms with Gasteiger partial charge in [0.2, 0.25) is 0 Å². The molecule has 3 rings (SSSR count). The van der Waals surface area contributed by atoms with Crippen LogP contribution in [0.4, 0.5) is 5.82 Å². The SMILES string of the molecule is CCCCn1nc(C(=O)Nc2ccnn2C2CCCCC2)ccc1=O. The predicted molar refractivity (Wildman–Crippen MR) is 95.7 cm³/mol. The molecule has 0 unspecified atom stereocenters. The standard InChI is InChI=1S/C18H25N5O2/c1-2-3-13-22-17(24)10-9-15(21-22)18(25)20-16-11-12-19-23(16)14-7-5-4-6-8-14/h9-12,14H,2-8,13H2,1H3,(H,20,25). The minimum Gasteiger partial charge on any atom is -0.305 e. The molecule has 2 aromatic heterocycles. The van der Waals surface area contributed by atoms with Crippen LogP contribution >= 0.6 is 0 Å². The first-order chi connectivity index (χ1) is 12.2. The maximum Gasteiger partial charge on any atom is 0.277 e. The molecule has 0 bridgehead atoms. The Hall–Kier alpha value is -2.44. The van der Waals surface area contributed by atoms with E-state index in [9.17, 15) is 9.59 Å². The van der Waals surface area contributed by atoms with E-state index in [1.807, 2.05) is 11.6 Å². The molecule has 1 N–H and O–H groups in total. The largest absolute Gasteiger partial charge is 0.305 e. The molecule has 0 aromatic carbocycles. The number of rotatable bonds is 6. The molecule has 2 heterocycles. The summed E-state index contributed by atoms with van der Waals surface area (Å²) in [5.74, 6) is 0.368. The molecular weight excluding hydrogens is 318 g/mol. The average Bonchev–Trinajstić information content (AvgIpc) is 3.09. The van der Waals surface area contributed by atoms with Gasteiger partial charge in [-0.25, -0.2) is 9.36 Å². The van der Waals surface area contributed by atoms with E-state index in [2.05, 4.69) is 15.5 Å². The normalized spacial score (nSPS) is 15.2. The first-order valence-electron chi connectivity index (χ1n) is 9.12. The van der Waals surface area contributed by atoms with E-state index in [-0.39, 0.29) is 17.2 Å². The summed E-state index contributed by atoms with van der Waals surface area (Å²) >= 11 is 0. The highest BCUT2D eigenvalue weighted by Crippen LogP contribution is 2.29. The molecule has 7 nitrogen and oxygen atoms in total. The van der Waals surface area contributed by atoms with Crippen LogP contribution in [0.25, 0.3) is 0 Å². The molecule has 0 spiro atoms. The lowest BCUT2D eigenvalue weighted by Gasteiger charge is -2.23. The van der Waals surface area contributed by atoms with Crippen molar-refractivity contribution in [1.29, 1.82) is 0 Å². The molecule has 0 radical (unpaired) electrons. The molecule has 1 fully saturated rings. The number of carbonyl (C=O) groups excluding carboxylic acids is 1. The summed E-state index contributed by atoms with van der Waals surface area (Å²) in [5, 5.41) is 11.5. The second-order valence-electron chi connectivity index (χ2n) is 6.54. The van der Waals surface area contributed by atoms with Gasteiger partial charge in [-0.2, -0.15) is 10.2 Å². The summed E-state index contributed by atoms with van der Waals surface area (Å²) in [7, 11) is 0. The van der Waals surface area contributed by atoms with Gasteiger partial charge in [0.05, 0.1) is 12.2 Å². The monoisotopic (exact) mass is 343 g/mol. The highest BCUT2D eigenvalue weighted by Gasteiger charge is 2.20. The fourth-order valence-corrected chi connectivity index (χ4v) is 3.25. The number of unbranched alkanes of at least 4 members (excludes halogenated alkanes) is 1. The molecule has 0 aliphatic heterocycles. The van der Waals surface area contributed by atoms with E-state index in [1.54, 1.807) is 12.3 Å². The number of anilines is 1. The van der Waals surface area contributed by atoms with Crippen molar-refractivity contribution in [1.82, 2.24) is 19.6 Å². The van der Waals surface area contributed by atoms with Crippen LogP contribution in [0.3, 0.4) is 0 Å². The maximum absolute atomic E-state index is 12.6. The third kappa shape index (κ3) is 4.15. The number of carbonyl (C=O) groups is 1. The second-order valence-corrected chi connectivity index (χ2v) is 6.54. The first kappa shape index (κ1) is 17.4. The van der Waals surface area contributed by atoms with Crippen molar-refractivity contribution in [3.05, 3.63) is 40.4 Å². The van der Waals surface area contributed by atoms with Gasteiger partial charge in [0, 0.05) is 18.7 Å². The molecule has 1 amide bonds. The minimum absolute atomic E-state index is 0.183. The van der Waals surface area contributed by atoms with Gasteiger partial charge in [-0.05, 0) is 25.3 Å². The van der Waals surface area contributed by atoms with Crippen LogP contribution in [0.5, 0.6) is 0 Å². The number of hydrogen-bond donors (Lipinski definition) is 1. The Morgan fingerprint density at radius 3 is 2.80 bits per heavy atom. The Morgan fingerprint density at radius 1 is 1.24 bits per heavy atom. The van der Waals surface area contributed by atoms with Crippen molar-refractivity contribution in [2.24, 2.45) is 0 Å². The summed E-state index contributed by atoms with van der Waals surface area (Å²) in [4.78, 5) is 24.4. The number of aromatic nitrogens is 4. The van der Waals surface area contributed by atoms with Gasteiger partial charge >= 0.3 is 0 Å².